The standard InChI is InChI=1S/C23H37N5O2/c1-4-24-23(25-17-20-8-7-9-21(16-20)18-30-3)28-14-12-26(13-15-28)19(2)22(29)27-10-5-6-11-27/h7-9,16,19H,4-6,10-15,17-18H2,1-3H3,(H,24,25). The lowest BCUT2D eigenvalue weighted by Gasteiger charge is -2.39. The Balaban J connectivity index is 1.56. The molecule has 1 atom stereocenters. The maximum absolute atomic E-state index is 12.7. The number of piperazine rings is 1. The van der Waals surface area contributed by atoms with Crippen LogP contribution in [0.4, 0.5) is 0 Å². The third-order valence-corrected chi connectivity index (χ3v) is 5.99. The van der Waals surface area contributed by atoms with E-state index in [1.165, 1.54) is 11.1 Å². The molecule has 0 bridgehead atoms. The Morgan fingerprint density at radius 1 is 1.10 bits per heavy atom. The second kappa shape index (κ2) is 11.3. The number of hydrogen-bond acceptors (Lipinski definition) is 4. The smallest absolute Gasteiger partial charge is 0.239 e. The molecule has 30 heavy (non-hydrogen) atoms. The number of carbonyl (C=O) groups is 1. The van der Waals surface area contributed by atoms with E-state index in [-0.39, 0.29) is 11.9 Å². The molecule has 0 aromatic heterocycles. The minimum atomic E-state index is -0.0340. The molecule has 2 heterocycles. The van der Waals surface area contributed by atoms with Crippen molar-refractivity contribution in [2.45, 2.75) is 45.9 Å². The summed E-state index contributed by atoms with van der Waals surface area (Å²) in [7, 11) is 1.72. The number of aliphatic imine (C=N–C) groups is 1. The molecule has 1 amide bonds. The van der Waals surface area contributed by atoms with Crippen LogP contribution >= 0.6 is 0 Å². The Kier molecular flexibility index (Phi) is 8.51. The van der Waals surface area contributed by atoms with Gasteiger partial charge in [-0.1, -0.05) is 24.3 Å². The molecule has 0 saturated carbocycles. The summed E-state index contributed by atoms with van der Waals surface area (Å²) in [5.41, 5.74) is 2.35. The summed E-state index contributed by atoms with van der Waals surface area (Å²) in [5, 5.41) is 3.43. The van der Waals surface area contributed by atoms with Crippen molar-refractivity contribution >= 4 is 11.9 Å². The van der Waals surface area contributed by atoms with Gasteiger partial charge in [0.25, 0.3) is 0 Å². The average molecular weight is 416 g/mol. The maximum atomic E-state index is 12.7. The highest BCUT2D eigenvalue weighted by Gasteiger charge is 2.30. The lowest BCUT2D eigenvalue weighted by molar-refractivity contribution is -0.135. The van der Waals surface area contributed by atoms with Gasteiger partial charge in [-0.25, -0.2) is 4.99 Å². The van der Waals surface area contributed by atoms with Gasteiger partial charge in [0.1, 0.15) is 0 Å². The molecule has 2 aliphatic rings. The van der Waals surface area contributed by atoms with Gasteiger partial charge in [-0.2, -0.15) is 0 Å². The van der Waals surface area contributed by atoms with Crippen LogP contribution in [0.3, 0.4) is 0 Å². The highest BCUT2D eigenvalue weighted by atomic mass is 16.5. The number of hydrogen-bond donors (Lipinski definition) is 1. The largest absolute Gasteiger partial charge is 0.380 e. The van der Waals surface area contributed by atoms with Crippen LogP contribution in [0, 0.1) is 0 Å². The van der Waals surface area contributed by atoms with Crippen LogP contribution in [0.5, 0.6) is 0 Å². The van der Waals surface area contributed by atoms with Crippen LogP contribution in [0.25, 0.3) is 0 Å². The molecule has 2 saturated heterocycles. The number of methoxy groups -OCH3 is 1. The molecular formula is C23H37N5O2. The highest BCUT2D eigenvalue weighted by Crippen LogP contribution is 2.14. The first-order chi connectivity index (χ1) is 14.6. The van der Waals surface area contributed by atoms with E-state index in [4.69, 9.17) is 9.73 Å². The van der Waals surface area contributed by atoms with E-state index in [0.29, 0.717) is 13.2 Å². The Morgan fingerprint density at radius 2 is 1.80 bits per heavy atom. The zero-order valence-corrected chi connectivity index (χ0v) is 18.8. The van der Waals surface area contributed by atoms with Crippen molar-refractivity contribution in [2.24, 2.45) is 4.99 Å². The van der Waals surface area contributed by atoms with Crippen LogP contribution in [0.2, 0.25) is 0 Å². The monoisotopic (exact) mass is 415 g/mol. The fourth-order valence-corrected chi connectivity index (χ4v) is 4.26. The van der Waals surface area contributed by atoms with Gasteiger partial charge in [0.15, 0.2) is 5.96 Å². The normalized spacial score (nSPS) is 19.2. The maximum Gasteiger partial charge on any atom is 0.239 e. The van der Waals surface area contributed by atoms with E-state index in [1.54, 1.807) is 7.11 Å². The van der Waals surface area contributed by atoms with Crippen molar-refractivity contribution in [3.05, 3.63) is 35.4 Å². The number of amides is 1. The molecule has 1 unspecified atom stereocenters. The molecule has 3 rings (SSSR count). The zero-order valence-electron chi connectivity index (χ0n) is 18.8. The summed E-state index contributed by atoms with van der Waals surface area (Å²) >= 11 is 0. The molecule has 2 fully saturated rings. The lowest BCUT2D eigenvalue weighted by atomic mass is 10.1. The quantitative estimate of drug-likeness (QED) is 0.545. The number of nitrogens with one attached hydrogen (secondary N) is 1. The minimum absolute atomic E-state index is 0.0340. The molecule has 1 aromatic rings. The molecule has 2 aliphatic heterocycles. The van der Waals surface area contributed by atoms with Gasteiger partial charge >= 0.3 is 0 Å². The molecular weight excluding hydrogens is 378 g/mol. The van der Waals surface area contributed by atoms with Gasteiger partial charge < -0.3 is 19.9 Å². The molecule has 0 radical (unpaired) electrons. The minimum Gasteiger partial charge on any atom is -0.380 e. The zero-order chi connectivity index (χ0) is 21.3. The number of likely N-dealkylation sites (tertiary alicyclic amines) is 1. The SMILES string of the molecule is CCNC(=NCc1cccc(COC)c1)N1CCN(C(C)C(=O)N2CCCC2)CC1. The number of carbonyl (C=O) groups excluding carboxylic acids is 1. The second-order valence-electron chi connectivity index (χ2n) is 8.15. The number of rotatable bonds is 7. The predicted octanol–water partition coefficient (Wildman–Crippen LogP) is 1.93. The van der Waals surface area contributed by atoms with Crippen LogP contribution in [0.15, 0.2) is 29.3 Å². The number of ether oxygens (including phenoxy) is 1. The summed E-state index contributed by atoms with van der Waals surface area (Å²) in [6.45, 7) is 11.6. The summed E-state index contributed by atoms with van der Waals surface area (Å²) < 4.78 is 5.23. The fraction of sp³-hybridized carbons (Fsp3) is 0.652. The van der Waals surface area contributed by atoms with E-state index in [2.05, 4.69) is 53.2 Å². The number of nitrogens with zero attached hydrogens (tertiary/aromatic N) is 4. The molecule has 0 aliphatic carbocycles. The van der Waals surface area contributed by atoms with Crippen molar-refractivity contribution in [1.29, 1.82) is 0 Å². The summed E-state index contributed by atoms with van der Waals surface area (Å²) in [6, 6.07) is 8.36. The van der Waals surface area contributed by atoms with Crippen molar-refractivity contribution < 1.29 is 9.53 Å². The van der Waals surface area contributed by atoms with Crippen molar-refractivity contribution in [1.82, 2.24) is 20.0 Å². The van der Waals surface area contributed by atoms with Crippen molar-refractivity contribution in [3.8, 4) is 0 Å². The average Bonchev–Trinajstić information content (AvgIpc) is 3.31. The Morgan fingerprint density at radius 3 is 2.47 bits per heavy atom. The van der Waals surface area contributed by atoms with Gasteiger partial charge in [-0.15, -0.1) is 0 Å². The van der Waals surface area contributed by atoms with Gasteiger partial charge in [-0.3, -0.25) is 9.69 Å². The van der Waals surface area contributed by atoms with Crippen LogP contribution in [0.1, 0.15) is 37.8 Å². The summed E-state index contributed by atoms with van der Waals surface area (Å²) in [5.74, 6) is 1.24. The van der Waals surface area contributed by atoms with E-state index in [1.807, 2.05) is 4.90 Å². The van der Waals surface area contributed by atoms with E-state index >= 15 is 0 Å². The van der Waals surface area contributed by atoms with Crippen molar-refractivity contribution in [3.63, 3.8) is 0 Å². The van der Waals surface area contributed by atoms with Gasteiger partial charge in [-0.05, 0) is 37.8 Å². The van der Waals surface area contributed by atoms with Gasteiger partial charge in [0.05, 0.1) is 19.2 Å². The van der Waals surface area contributed by atoms with Crippen LogP contribution < -0.4 is 5.32 Å². The predicted molar refractivity (Wildman–Crippen MR) is 120 cm³/mol. The Hall–Kier alpha value is -2.12. The molecule has 0 spiro atoms. The highest BCUT2D eigenvalue weighted by molar-refractivity contribution is 5.82. The number of benzene rings is 1. The molecule has 7 nitrogen and oxygen atoms in total. The first-order valence-corrected chi connectivity index (χ1v) is 11.2. The van der Waals surface area contributed by atoms with Crippen molar-refractivity contribution in [2.75, 3.05) is 52.9 Å². The van der Waals surface area contributed by atoms with Crippen LogP contribution in [-0.4, -0.2) is 85.5 Å². The first-order valence-electron chi connectivity index (χ1n) is 11.2. The third kappa shape index (κ3) is 5.95. The third-order valence-electron chi connectivity index (χ3n) is 5.99. The van der Waals surface area contributed by atoms with E-state index in [0.717, 1.165) is 64.6 Å². The number of guanidine groups is 1. The molecule has 1 N–H and O–H groups in total. The van der Waals surface area contributed by atoms with Gasteiger partial charge in [0, 0.05) is 52.9 Å². The van der Waals surface area contributed by atoms with E-state index in [9.17, 15) is 4.79 Å². The Bertz CT molecular complexity index is 709. The van der Waals surface area contributed by atoms with Crippen LogP contribution in [-0.2, 0) is 22.7 Å². The molecule has 166 valence electrons. The van der Waals surface area contributed by atoms with E-state index < -0.39 is 0 Å². The fourth-order valence-electron chi connectivity index (χ4n) is 4.26. The first kappa shape index (κ1) is 22.6. The van der Waals surface area contributed by atoms with Gasteiger partial charge in [0.2, 0.25) is 5.91 Å². The summed E-state index contributed by atoms with van der Waals surface area (Å²) in [6.07, 6.45) is 2.28. The second-order valence-corrected chi connectivity index (χ2v) is 8.15. The lowest BCUT2D eigenvalue weighted by Crippen LogP contribution is -2.57. The molecule has 1 aromatic carbocycles. The molecule has 7 heteroatoms. The topological polar surface area (TPSA) is 60.4 Å². The summed E-state index contributed by atoms with van der Waals surface area (Å²) in [4.78, 5) is 24.2. The Labute approximate surface area is 181 Å².